The Balaban J connectivity index is 1.90. The number of thioether (sulfide) groups is 1. The van der Waals surface area contributed by atoms with Crippen molar-refractivity contribution < 1.29 is 33.0 Å². The number of rotatable bonds is 12. The number of esters is 1. The lowest BCUT2D eigenvalue weighted by molar-refractivity contribution is -0.143. The first kappa shape index (κ1) is 23.3. The predicted molar refractivity (Wildman–Crippen MR) is 109 cm³/mol. The summed E-state index contributed by atoms with van der Waals surface area (Å²) in [5.74, 6) is 1.27. The van der Waals surface area contributed by atoms with Crippen LogP contribution in [0.5, 0.6) is 17.2 Å². The molecule has 30 heavy (non-hydrogen) atoms. The monoisotopic (exact) mass is 439 g/mol. The van der Waals surface area contributed by atoms with Crippen LogP contribution in [-0.2, 0) is 14.3 Å². The molecular weight excluding hydrogens is 414 g/mol. The minimum Gasteiger partial charge on any atom is -0.493 e. The van der Waals surface area contributed by atoms with E-state index >= 15 is 0 Å². The molecule has 1 amide bonds. The number of nitrogens with one attached hydrogen (secondary N) is 1. The molecule has 2 rings (SSSR count). The number of benzene rings is 1. The summed E-state index contributed by atoms with van der Waals surface area (Å²) in [5.41, 5.74) is 0.590. The van der Waals surface area contributed by atoms with Gasteiger partial charge in [-0.2, -0.15) is 0 Å². The summed E-state index contributed by atoms with van der Waals surface area (Å²) in [6.45, 7) is 2.49. The van der Waals surface area contributed by atoms with Crippen molar-refractivity contribution in [3.63, 3.8) is 0 Å². The van der Waals surface area contributed by atoms with Gasteiger partial charge in [0, 0.05) is 18.5 Å². The van der Waals surface area contributed by atoms with Gasteiger partial charge in [0.1, 0.15) is 0 Å². The van der Waals surface area contributed by atoms with Gasteiger partial charge in [0.05, 0.1) is 33.7 Å². The molecule has 1 N–H and O–H groups in total. The van der Waals surface area contributed by atoms with E-state index in [-0.39, 0.29) is 35.2 Å². The van der Waals surface area contributed by atoms with Crippen LogP contribution in [0.3, 0.4) is 0 Å². The Morgan fingerprint density at radius 2 is 1.80 bits per heavy atom. The Kier molecular flexibility index (Phi) is 9.26. The number of carbonyl (C=O) groups is 2. The van der Waals surface area contributed by atoms with Crippen LogP contribution in [-0.4, -0.2) is 62.3 Å². The third-order valence-corrected chi connectivity index (χ3v) is 4.65. The first-order valence-electron chi connectivity index (χ1n) is 9.21. The number of hydrogen-bond donors (Lipinski definition) is 1. The molecule has 1 aromatic heterocycles. The molecule has 164 valence electrons. The van der Waals surface area contributed by atoms with Crippen LogP contribution >= 0.6 is 11.8 Å². The molecule has 0 radical (unpaired) electrons. The lowest BCUT2D eigenvalue weighted by Crippen LogP contribution is -2.26. The second-order valence-electron chi connectivity index (χ2n) is 5.83. The first-order chi connectivity index (χ1) is 14.5. The average Bonchev–Trinajstić information content (AvgIpc) is 3.23. The molecule has 1 aromatic carbocycles. The third kappa shape index (κ3) is 6.55. The van der Waals surface area contributed by atoms with Gasteiger partial charge in [-0.15, -0.1) is 10.2 Å². The fraction of sp³-hybridized carbons (Fsp3) is 0.474. The fourth-order valence-electron chi connectivity index (χ4n) is 2.46. The van der Waals surface area contributed by atoms with Crippen LogP contribution in [0, 0.1) is 0 Å². The summed E-state index contributed by atoms with van der Waals surface area (Å²) in [6.07, 6.45) is 0.782. The molecule has 10 nitrogen and oxygen atoms in total. The summed E-state index contributed by atoms with van der Waals surface area (Å²) in [7, 11) is 4.55. The molecule has 0 saturated heterocycles. The van der Waals surface area contributed by atoms with Gasteiger partial charge in [-0.25, -0.2) is 0 Å². The Morgan fingerprint density at radius 1 is 1.10 bits per heavy atom. The molecule has 2 aromatic rings. The molecule has 11 heteroatoms. The van der Waals surface area contributed by atoms with Crippen LogP contribution in [0.1, 0.15) is 19.8 Å². The quantitative estimate of drug-likeness (QED) is 0.299. The van der Waals surface area contributed by atoms with Crippen molar-refractivity contribution in [3.8, 4) is 28.7 Å². The highest BCUT2D eigenvalue weighted by molar-refractivity contribution is 7.99. The van der Waals surface area contributed by atoms with Crippen molar-refractivity contribution in [2.24, 2.45) is 0 Å². The number of ether oxygens (including phenoxy) is 4. The van der Waals surface area contributed by atoms with Gasteiger partial charge >= 0.3 is 5.97 Å². The van der Waals surface area contributed by atoms with Crippen molar-refractivity contribution in [1.29, 1.82) is 0 Å². The Hall–Kier alpha value is -2.95. The second-order valence-corrected chi connectivity index (χ2v) is 6.76. The lowest BCUT2D eigenvalue weighted by Gasteiger charge is -2.12. The second kappa shape index (κ2) is 11.9. The summed E-state index contributed by atoms with van der Waals surface area (Å²) in [4.78, 5) is 23.2. The molecule has 0 atom stereocenters. The molecule has 0 aliphatic rings. The first-order valence-corrected chi connectivity index (χ1v) is 10.2. The maximum Gasteiger partial charge on any atom is 0.305 e. The van der Waals surface area contributed by atoms with Crippen molar-refractivity contribution in [2.75, 3.05) is 40.2 Å². The number of nitrogens with zero attached hydrogens (tertiary/aromatic N) is 2. The topological polar surface area (TPSA) is 122 Å². The molecular formula is C19H25N3O7S. The highest BCUT2D eigenvalue weighted by Gasteiger charge is 2.18. The molecule has 0 bridgehead atoms. The highest BCUT2D eigenvalue weighted by atomic mass is 32.2. The highest BCUT2D eigenvalue weighted by Crippen LogP contribution is 2.41. The number of hydrogen-bond acceptors (Lipinski definition) is 10. The summed E-state index contributed by atoms with van der Waals surface area (Å²) < 4.78 is 26.4. The van der Waals surface area contributed by atoms with E-state index in [4.69, 9.17) is 23.4 Å². The minimum atomic E-state index is -0.272. The zero-order valence-corrected chi connectivity index (χ0v) is 18.2. The van der Waals surface area contributed by atoms with E-state index in [9.17, 15) is 9.59 Å². The van der Waals surface area contributed by atoms with E-state index in [2.05, 4.69) is 15.5 Å². The summed E-state index contributed by atoms with van der Waals surface area (Å²) in [6, 6.07) is 3.39. The normalized spacial score (nSPS) is 10.4. The van der Waals surface area contributed by atoms with Crippen molar-refractivity contribution in [2.45, 2.75) is 25.0 Å². The lowest BCUT2D eigenvalue weighted by atomic mass is 10.2. The van der Waals surface area contributed by atoms with Gasteiger partial charge in [0.15, 0.2) is 11.5 Å². The van der Waals surface area contributed by atoms with Crippen molar-refractivity contribution in [1.82, 2.24) is 15.5 Å². The minimum absolute atomic E-state index is 0.107. The van der Waals surface area contributed by atoms with E-state index in [1.807, 2.05) is 0 Å². The zero-order chi connectivity index (χ0) is 21.9. The molecule has 0 spiro atoms. The van der Waals surface area contributed by atoms with E-state index in [0.717, 1.165) is 11.8 Å². The van der Waals surface area contributed by atoms with E-state index in [1.54, 1.807) is 19.1 Å². The molecule has 0 unspecified atom stereocenters. The van der Waals surface area contributed by atoms with Gasteiger partial charge in [-0.05, 0) is 25.5 Å². The van der Waals surface area contributed by atoms with Crippen LogP contribution in [0.25, 0.3) is 11.5 Å². The number of amides is 1. The number of aromatic nitrogens is 2. The standard InChI is InChI=1S/C19H25N3O7S/c1-5-28-16(24)7-6-8-20-15(23)11-30-19-22-21-18(29-19)12-9-13(25-2)17(27-4)14(10-12)26-3/h9-10H,5-8,11H2,1-4H3,(H,20,23). The van der Waals surface area contributed by atoms with E-state index in [0.29, 0.717) is 42.4 Å². The Labute approximate surface area is 178 Å². The fourth-order valence-corrected chi connectivity index (χ4v) is 3.05. The van der Waals surface area contributed by atoms with Crippen LogP contribution in [0.2, 0.25) is 0 Å². The zero-order valence-electron chi connectivity index (χ0n) is 17.4. The summed E-state index contributed by atoms with van der Waals surface area (Å²) >= 11 is 1.11. The average molecular weight is 439 g/mol. The van der Waals surface area contributed by atoms with E-state index < -0.39 is 0 Å². The largest absolute Gasteiger partial charge is 0.493 e. The van der Waals surface area contributed by atoms with Crippen LogP contribution in [0.15, 0.2) is 21.8 Å². The van der Waals surface area contributed by atoms with Gasteiger partial charge < -0.3 is 28.7 Å². The van der Waals surface area contributed by atoms with Gasteiger partial charge in [-0.3, -0.25) is 9.59 Å². The van der Waals surface area contributed by atoms with Crippen LogP contribution in [0.4, 0.5) is 0 Å². The molecule has 0 saturated carbocycles. The molecule has 0 aliphatic carbocycles. The molecule has 1 heterocycles. The number of methoxy groups -OCH3 is 3. The SMILES string of the molecule is CCOC(=O)CCCNC(=O)CSc1nnc(-c2cc(OC)c(OC)c(OC)c2)o1. The van der Waals surface area contributed by atoms with Gasteiger partial charge in [0.2, 0.25) is 17.5 Å². The van der Waals surface area contributed by atoms with Crippen molar-refractivity contribution in [3.05, 3.63) is 12.1 Å². The van der Waals surface area contributed by atoms with Crippen LogP contribution < -0.4 is 19.5 Å². The maximum absolute atomic E-state index is 11.9. The molecule has 0 aliphatic heterocycles. The summed E-state index contributed by atoms with van der Waals surface area (Å²) in [5, 5.41) is 10.9. The van der Waals surface area contributed by atoms with Gasteiger partial charge in [0.25, 0.3) is 5.22 Å². The third-order valence-electron chi connectivity index (χ3n) is 3.83. The number of carbonyl (C=O) groups excluding carboxylic acids is 2. The molecule has 0 fully saturated rings. The predicted octanol–water partition coefficient (Wildman–Crippen LogP) is 2.31. The smallest absolute Gasteiger partial charge is 0.305 e. The Bertz CT molecular complexity index is 831. The van der Waals surface area contributed by atoms with E-state index in [1.165, 1.54) is 21.3 Å². The maximum atomic E-state index is 11.9. The Morgan fingerprint density at radius 3 is 2.40 bits per heavy atom. The van der Waals surface area contributed by atoms with Gasteiger partial charge in [-0.1, -0.05) is 11.8 Å². The van der Waals surface area contributed by atoms with Crippen molar-refractivity contribution >= 4 is 23.6 Å².